The highest BCUT2D eigenvalue weighted by Gasteiger charge is 2.06. The second-order valence-corrected chi connectivity index (χ2v) is 5.81. The minimum absolute atomic E-state index is 0.177. The minimum Gasteiger partial charge on any atom is -0.392 e. The van der Waals surface area contributed by atoms with E-state index in [1.54, 1.807) is 11.8 Å². The van der Waals surface area contributed by atoms with Crippen molar-refractivity contribution in [3.63, 3.8) is 0 Å². The highest BCUT2D eigenvalue weighted by atomic mass is 79.9. The quantitative estimate of drug-likeness (QED) is 0.592. The van der Waals surface area contributed by atoms with Crippen LogP contribution in [0.1, 0.15) is 32.6 Å². The molecule has 1 N–H and O–H groups in total. The van der Waals surface area contributed by atoms with Gasteiger partial charge < -0.3 is 5.11 Å². The van der Waals surface area contributed by atoms with E-state index in [0.29, 0.717) is 0 Å². The summed E-state index contributed by atoms with van der Waals surface area (Å²) in [5.41, 5.74) is 0. The highest BCUT2D eigenvalue weighted by molar-refractivity contribution is 9.10. The van der Waals surface area contributed by atoms with Crippen molar-refractivity contribution in [3.05, 3.63) is 28.7 Å². The van der Waals surface area contributed by atoms with Crippen molar-refractivity contribution in [1.29, 1.82) is 0 Å². The number of hydrogen-bond donors (Lipinski definition) is 1. The number of aliphatic hydroxyl groups excluding tert-OH is 1. The fraction of sp³-hybridized carbons (Fsp3) is 0.538. The van der Waals surface area contributed by atoms with E-state index in [0.717, 1.165) is 23.1 Å². The van der Waals surface area contributed by atoms with Gasteiger partial charge in [-0.05, 0) is 34.5 Å². The lowest BCUT2D eigenvalue weighted by atomic mass is 10.1. The fourth-order valence-corrected chi connectivity index (χ4v) is 3.01. The van der Waals surface area contributed by atoms with Crippen LogP contribution >= 0.6 is 27.7 Å². The second-order valence-electron chi connectivity index (χ2n) is 3.89. The summed E-state index contributed by atoms with van der Waals surface area (Å²) in [6, 6.07) is 8.14. The van der Waals surface area contributed by atoms with Crippen LogP contribution < -0.4 is 0 Å². The van der Waals surface area contributed by atoms with Crippen molar-refractivity contribution < 1.29 is 5.11 Å². The molecule has 0 fully saturated rings. The molecule has 90 valence electrons. The maximum atomic E-state index is 9.79. The Morgan fingerprint density at radius 2 is 2.06 bits per heavy atom. The monoisotopic (exact) mass is 302 g/mol. The summed E-state index contributed by atoms with van der Waals surface area (Å²) in [6.07, 6.45) is 4.31. The molecule has 0 spiro atoms. The normalized spacial score (nSPS) is 12.7. The predicted octanol–water partition coefficient (Wildman–Crippen LogP) is 4.48. The number of aliphatic hydroxyl groups is 1. The summed E-state index contributed by atoms with van der Waals surface area (Å²) in [5.74, 6) is 0.784. The molecule has 0 aromatic heterocycles. The number of thioether (sulfide) groups is 1. The minimum atomic E-state index is -0.177. The molecule has 0 bridgehead atoms. The van der Waals surface area contributed by atoms with Crippen LogP contribution in [0.25, 0.3) is 0 Å². The van der Waals surface area contributed by atoms with Crippen molar-refractivity contribution in [2.75, 3.05) is 5.75 Å². The van der Waals surface area contributed by atoms with Gasteiger partial charge in [0.05, 0.1) is 6.10 Å². The Balaban J connectivity index is 2.26. The van der Waals surface area contributed by atoms with E-state index in [-0.39, 0.29) is 6.10 Å². The first kappa shape index (κ1) is 14.1. The number of rotatable bonds is 7. The summed E-state index contributed by atoms with van der Waals surface area (Å²) >= 11 is 5.22. The van der Waals surface area contributed by atoms with Gasteiger partial charge in [-0.3, -0.25) is 0 Å². The first-order valence-electron chi connectivity index (χ1n) is 5.79. The first-order valence-corrected chi connectivity index (χ1v) is 7.57. The van der Waals surface area contributed by atoms with Gasteiger partial charge in [0, 0.05) is 15.1 Å². The van der Waals surface area contributed by atoms with E-state index in [1.165, 1.54) is 17.7 Å². The second kappa shape index (κ2) is 8.15. The Bertz CT molecular complexity index is 304. The average molecular weight is 303 g/mol. The molecule has 0 radical (unpaired) electrons. The zero-order valence-electron chi connectivity index (χ0n) is 9.66. The Hall–Kier alpha value is 0.01000. The van der Waals surface area contributed by atoms with Crippen LogP contribution in [0, 0.1) is 0 Å². The van der Waals surface area contributed by atoms with Gasteiger partial charge in [-0.15, -0.1) is 11.8 Å². The predicted molar refractivity (Wildman–Crippen MR) is 75.0 cm³/mol. The van der Waals surface area contributed by atoms with Gasteiger partial charge >= 0.3 is 0 Å². The third-order valence-corrected chi connectivity index (χ3v) is 4.58. The third-order valence-electron chi connectivity index (χ3n) is 2.41. The SMILES string of the molecule is CCCCCC(O)CSc1ccccc1Br. The summed E-state index contributed by atoms with van der Waals surface area (Å²) in [7, 11) is 0. The number of hydrogen-bond acceptors (Lipinski definition) is 2. The van der Waals surface area contributed by atoms with Gasteiger partial charge in [-0.25, -0.2) is 0 Å². The molecule has 1 aromatic rings. The van der Waals surface area contributed by atoms with Crippen LogP contribution in [0.3, 0.4) is 0 Å². The van der Waals surface area contributed by atoms with Gasteiger partial charge in [0.25, 0.3) is 0 Å². The molecule has 0 heterocycles. The molecule has 0 amide bonds. The maximum absolute atomic E-state index is 9.79. The van der Waals surface area contributed by atoms with Crippen LogP contribution in [-0.4, -0.2) is 17.0 Å². The Morgan fingerprint density at radius 3 is 2.75 bits per heavy atom. The molecule has 1 unspecified atom stereocenters. The van der Waals surface area contributed by atoms with Gasteiger partial charge in [-0.1, -0.05) is 38.3 Å². The molecular formula is C13H19BrOS. The van der Waals surface area contributed by atoms with E-state index >= 15 is 0 Å². The lowest BCUT2D eigenvalue weighted by Crippen LogP contribution is -2.09. The standard InChI is InChI=1S/C13H19BrOS/c1-2-3-4-7-11(15)10-16-13-9-6-5-8-12(13)14/h5-6,8-9,11,15H,2-4,7,10H2,1H3. The summed E-state index contributed by atoms with van der Waals surface area (Å²) in [4.78, 5) is 1.21. The molecule has 3 heteroatoms. The van der Waals surface area contributed by atoms with E-state index in [9.17, 15) is 5.11 Å². The molecule has 0 saturated heterocycles. The van der Waals surface area contributed by atoms with E-state index in [4.69, 9.17) is 0 Å². The molecule has 0 aliphatic rings. The van der Waals surface area contributed by atoms with Crippen molar-refractivity contribution in [2.24, 2.45) is 0 Å². The summed E-state index contributed by atoms with van der Waals surface area (Å²) in [5, 5.41) is 9.79. The summed E-state index contributed by atoms with van der Waals surface area (Å²) in [6.45, 7) is 2.18. The van der Waals surface area contributed by atoms with Gasteiger partial charge in [0.2, 0.25) is 0 Å². The van der Waals surface area contributed by atoms with E-state index in [2.05, 4.69) is 28.9 Å². The lowest BCUT2D eigenvalue weighted by molar-refractivity contribution is 0.185. The van der Waals surface area contributed by atoms with E-state index < -0.39 is 0 Å². The first-order chi connectivity index (χ1) is 7.74. The Labute approximate surface area is 111 Å². The number of halogens is 1. The topological polar surface area (TPSA) is 20.2 Å². The van der Waals surface area contributed by atoms with Crippen LogP contribution in [0.4, 0.5) is 0 Å². The fourth-order valence-electron chi connectivity index (χ4n) is 1.46. The van der Waals surface area contributed by atoms with Crippen molar-refractivity contribution in [3.8, 4) is 0 Å². The molecule has 1 nitrogen and oxygen atoms in total. The Morgan fingerprint density at radius 1 is 1.31 bits per heavy atom. The van der Waals surface area contributed by atoms with Crippen molar-refractivity contribution >= 4 is 27.7 Å². The smallest absolute Gasteiger partial charge is 0.0634 e. The van der Waals surface area contributed by atoms with Crippen LogP contribution in [0.2, 0.25) is 0 Å². The van der Waals surface area contributed by atoms with Gasteiger partial charge in [0.1, 0.15) is 0 Å². The molecule has 1 rings (SSSR count). The molecular weight excluding hydrogens is 284 g/mol. The molecule has 1 aromatic carbocycles. The highest BCUT2D eigenvalue weighted by Crippen LogP contribution is 2.27. The lowest BCUT2D eigenvalue weighted by Gasteiger charge is -2.10. The van der Waals surface area contributed by atoms with E-state index in [1.807, 2.05) is 18.2 Å². The molecule has 0 aliphatic heterocycles. The van der Waals surface area contributed by atoms with Crippen molar-refractivity contribution in [1.82, 2.24) is 0 Å². The van der Waals surface area contributed by atoms with Crippen LogP contribution in [0.5, 0.6) is 0 Å². The van der Waals surface area contributed by atoms with Crippen LogP contribution in [0.15, 0.2) is 33.6 Å². The van der Waals surface area contributed by atoms with Gasteiger partial charge in [-0.2, -0.15) is 0 Å². The van der Waals surface area contributed by atoms with Crippen molar-refractivity contribution in [2.45, 2.75) is 43.6 Å². The number of unbranched alkanes of at least 4 members (excludes halogenated alkanes) is 2. The van der Waals surface area contributed by atoms with Gasteiger partial charge in [0.15, 0.2) is 0 Å². The maximum Gasteiger partial charge on any atom is 0.0634 e. The number of benzene rings is 1. The molecule has 0 saturated carbocycles. The van der Waals surface area contributed by atoms with Crippen LogP contribution in [-0.2, 0) is 0 Å². The Kier molecular flexibility index (Phi) is 7.17. The zero-order chi connectivity index (χ0) is 11.8. The largest absolute Gasteiger partial charge is 0.392 e. The average Bonchev–Trinajstić information content (AvgIpc) is 2.28. The molecule has 0 aliphatic carbocycles. The summed E-state index contributed by atoms with van der Waals surface area (Å²) < 4.78 is 1.11. The zero-order valence-corrected chi connectivity index (χ0v) is 12.1. The molecule has 16 heavy (non-hydrogen) atoms. The third kappa shape index (κ3) is 5.37. The molecule has 1 atom stereocenters.